The van der Waals surface area contributed by atoms with Crippen LogP contribution in [-0.4, -0.2) is 32.8 Å². The second-order valence-corrected chi connectivity index (χ2v) is 7.37. The minimum atomic E-state index is -0.343. The molecule has 0 radical (unpaired) electrons. The molecule has 4 aromatic rings. The zero-order chi connectivity index (χ0) is 21.4. The first-order chi connectivity index (χ1) is 15.1. The average molecular weight is 431 g/mol. The summed E-state index contributed by atoms with van der Waals surface area (Å²) in [5.74, 6) is 0.809. The molecule has 0 saturated carbocycles. The van der Waals surface area contributed by atoms with Crippen LogP contribution in [0.1, 0.15) is 15.9 Å². The van der Waals surface area contributed by atoms with E-state index in [0.717, 1.165) is 22.5 Å². The van der Waals surface area contributed by atoms with Crippen LogP contribution in [0.2, 0.25) is 0 Å². The molecule has 0 unspecified atom stereocenters. The van der Waals surface area contributed by atoms with Gasteiger partial charge in [0, 0.05) is 11.3 Å². The number of amides is 1. The van der Waals surface area contributed by atoms with E-state index < -0.39 is 0 Å². The summed E-state index contributed by atoms with van der Waals surface area (Å²) in [6.07, 6.45) is 0. The van der Waals surface area contributed by atoms with Gasteiger partial charge in [0.15, 0.2) is 16.6 Å². The first-order valence-electron chi connectivity index (χ1n) is 9.52. The predicted molar refractivity (Wildman–Crippen MR) is 120 cm³/mol. The van der Waals surface area contributed by atoms with Gasteiger partial charge in [-0.3, -0.25) is 10.1 Å². The Kier molecular flexibility index (Phi) is 4.72. The highest BCUT2D eigenvalue weighted by Gasteiger charge is 2.17. The van der Waals surface area contributed by atoms with E-state index in [-0.39, 0.29) is 17.8 Å². The Bertz CT molecular complexity index is 1320. The van der Waals surface area contributed by atoms with Crippen LogP contribution in [0.4, 0.5) is 5.69 Å². The van der Waals surface area contributed by atoms with Crippen molar-refractivity contribution in [3.63, 3.8) is 0 Å². The van der Waals surface area contributed by atoms with Crippen LogP contribution >= 0.6 is 12.2 Å². The van der Waals surface area contributed by atoms with Crippen molar-refractivity contribution < 1.29 is 14.3 Å². The highest BCUT2D eigenvalue weighted by Crippen LogP contribution is 2.32. The molecule has 1 aliphatic rings. The van der Waals surface area contributed by atoms with Crippen molar-refractivity contribution in [1.82, 2.24) is 20.3 Å². The fourth-order valence-electron chi connectivity index (χ4n) is 3.25. The zero-order valence-corrected chi connectivity index (χ0v) is 17.3. The van der Waals surface area contributed by atoms with E-state index in [1.54, 1.807) is 23.0 Å². The second-order valence-electron chi connectivity index (χ2n) is 6.96. The van der Waals surface area contributed by atoms with Gasteiger partial charge in [-0.2, -0.15) is 4.80 Å². The third kappa shape index (κ3) is 3.78. The summed E-state index contributed by atoms with van der Waals surface area (Å²) in [4.78, 5) is 14.1. The van der Waals surface area contributed by atoms with Crippen LogP contribution in [0.25, 0.3) is 16.7 Å². The van der Waals surface area contributed by atoms with E-state index in [1.165, 1.54) is 0 Å². The van der Waals surface area contributed by atoms with Crippen LogP contribution in [-0.2, 0) is 0 Å². The third-order valence-corrected chi connectivity index (χ3v) is 5.03. The van der Waals surface area contributed by atoms with Gasteiger partial charge >= 0.3 is 0 Å². The van der Waals surface area contributed by atoms with E-state index >= 15 is 0 Å². The summed E-state index contributed by atoms with van der Waals surface area (Å²) in [6.45, 7) is 2.09. The molecule has 1 amide bonds. The molecule has 1 aromatic heterocycles. The van der Waals surface area contributed by atoms with Gasteiger partial charge in [-0.25, -0.2) is 0 Å². The van der Waals surface area contributed by atoms with Gasteiger partial charge < -0.3 is 14.8 Å². The molecule has 5 rings (SSSR count). The normalized spacial score (nSPS) is 12.0. The number of hydrogen-bond donors (Lipinski definition) is 2. The number of nitrogens with one attached hydrogen (secondary N) is 2. The van der Waals surface area contributed by atoms with Crippen molar-refractivity contribution in [1.29, 1.82) is 0 Å². The van der Waals surface area contributed by atoms with E-state index in [9.17, 15) is 4.79 Å². The molecule has 31 heavy (non-hydrogen) atoms. The standard InChI is InChI=1S/C22H17N5O3S/c1-13-9-17-18(26-27(25-17)15-5-3-2-4-6-15)11-16(13)23-22(31)24-21(28)14-7-8-19-20(10-14)30-12-29-19/h2-11H,12H2,1H3,(H2,23,24,28,31). The topological polar surface area (TPSA) is 90.3 Å². The molecular formula is C22H17N5O3S. The smallest absolute Gasteiger partial charge is 0.257 e. The van der Waals surface area contributed by atoms with Crippen LogP contribution in [0.3, 0.4) is 0 Å². The molecule has 1 aliphatic heterocycles. The number of aromatic nitrogens is 3. The lowest BCUT2D eigenvalue weighted by Crippen LogP contribution is -2.34. The van der Waals surface area contributed by atoms with Crippen molar-refractivity contribution in [2.45, 2.75) is 6.92 Å². The van der Waals surface area contributed by atoms with Gasteiger partial charge in [0.05, 0.1) is 5.69 Å². The fourth-order valence-corrected chi connectivity index (χ4v) is 3.45. The van der Waals surface area contributed by atoms with E-state index in [4.69, 9.17) is 21.7 Å². The van der Waals surface area contributed by atoms with Gasteiger partial charge in [-0.15, -0.1) is 10.2 Å². The molecule has 2 heterocycles. The van der Waals surface area contributed by atoms with Crippen molar-refractivity contribution in [3.8, 4) is 17.2 Å². The number of aryl methyl sites for hydroxylation is 1. The molecule has 2 N–H and O–H groups in total. The van der Waals surface area contributed by atoms with Gasteiger partial charge in [-0.1, -0.05) is 18.2 Å². The minimum Gasteiger partial charge on any atom is -0.454 e. The number of para-hydroxylation sites is 1. The Labute approximate surface area is 182 Å². The van der Waals surface area contributed by atoms with E-state index in [2.05, 4.69) is 20.8 Å². The van der Waals surface area contributed by atoms with Gasteiger partial charge in [-0.05, 0) is 67.2 Å². The second kappa shape index (κ2) is 7.69. The van der Waals surface area contributed by atoms with Crippen molar-refractivity contribution in [2.24, 2.45) is 0 Å². The Balaban J connectivity index is 1.33. The number of carbonyl (C=O) groups excluding carboxylic acids is 1. The lowest BCUT2D eigenvalue weighted by atomic mass is 10.1. The van der Waals surface area contributed by atoms with Crippen molar-refractivity contribution >= 4 is 40.0 Å². The largest absolute Gasteiger partial charge is 0.454 e. The van der Waals surface area contributed by atoms with E-state index in [0.29, 0.717) is 22.6 Å². The molecule has 0 bridgehead atoms. The maximum Gasteiger partial charge on any atom is 0.257 e. The summed E-state index contributed by atoms with van der Waals surface area (Å²) in [7, 11) is 0. The Morgan fingerprint density at radius 2 is 1.74 bits per heavy atom. The Morgan fingerprint density at radius 3 is 2.55 bits per heavy atom. The third-order valence-electron chi connectivity index (χ3n) is 4.82. The number of carbonyl (C=O) groups is 1. The molecule has 0 saturated heterocycles. The predicted octanol–water partition coefficient (Wildman–Crippen LogP) is 3.58. The monoisotopic (exact) mass is 431 g/mol. The summed E-state index contributed by atoms with van der Waals surface area (Å²) in [5.41, 5.74) is 4.43. The molecule has 0 atom stereocenters. The van der Waals surface area contributed by atoms with Gasteiger partial charge in [0.25, 0.3) is 5.91 Å². The highest BCUT2D eigenvalue weighted by molar-refractivity contribution is 7.80. The number of nitrogens with zero attached hydrogens (tertiary/aromatic N) is 3. The quantitative estimate of drug-likeness (QED) is 0.479. The number of anilines is 1. The zero-order valence-electron chi connectivity index (χ0n) is 16.5. The number of hydrogen-bond acceptors (Lipinski definition) is 6. The van der Waals surface area contributed by atoms with Crippen molar-refractivity contribution in [2.75, 3.05) is 12.1 Å². The molecule has 8 nitrogen and oxygen atoms in total. The molecule has 3 aromatic carbocycles. The van der Waals surface area contributed by atoms with E-state index in [1.807, 2.05) is 49.4 Å². The minimum absolute atomic E-state index is 0.150. The van der Waals surface area contributed by atoms with Crippen LogP contribution in [0.15, 0.2) is 60.7 Å². The maximum atomic E-state index is 12.5. The van der Waals surface area contributed by atoms with Gasteiger partial charge in [0.2, 0.25) is 6.79 Å². The first kappa shape index (κ1) is 19.0. The summed E-state index contributed by atoms with van der Waals surface area (Å²) in [5, 5.41) is 15.0. The lowest BCUT2D eigenvalue weighted by Gasteiger charge is -2.12. The lowest BCUT2D eigenvalue weighted by molar-refractivity contribution is 0.0977. The average Bonchev–Trinajstić information content (AvgIpc) is 3.40. The fraction of sp³-hybridized carbons (Fsp3) is 0.0909. The Hall–Kier alpha value is -3.98. The molecule has 154 valence electrons. The number of thiocarbonyl (C=S) groups is 1. The molecule has 9 heteroatoms. The molecular weight excluding hydrogens is 414 g/mol. The SMILES string of the molecule is Cc1cc2nn(-c3ccccc3)nc2cc1NC(=S)NC(=O)c1ccc2c(c1)OCO2. The number of benzene rings is 3. The Morgan fingerprint density at radius 1 is 1.00 bits per heavy atom. The molecule has 0 fully saturated rings. The molecule has 0 spiro atoms. The summed E-state index contributed by atoms with van der Waals surface area (Å²) < 4.78 is 10.6. The summed E-state index contributed by atoms with van der Waals surface area (Å²) in [6, 6.07) is 18.4. The number of rotatable bonds is 3. The maximum absolute atomic E-state index is 12.5. The van der Waals surface area contributed by atoms with Crippen LogP contribution in [0, 0.1) is 6.92 Å². The summed E-state index contributed by atoms with van der Waals surface area (Å²) >= 11 is 5.34. The van der Waals surface area contributed by atoms with Crippen molar-refractivity contribution in [3.05, 3.63) is 71.8 Å². The highest BCUT2D eigenvalue weighted by atomic mass is 32.1. The number of ether oxygens (including phenoxy) is 2. The van der Waals surface area contributed by atoms with Crippen LogP contribution in [0.5, 0.6) is 11.5 Å². The van der Waals surface area contributed by atoms with Crippen LogP contribution < -0.4 is 20.1 Å². The first-order valence-corrected chi connectivity index (χ1v) is 9.93. The number of fused-ring (bicyclic) bond motifs is 2. The van der Waals surface area contributed by atoms with Gasteiger partial charge in [0.1, 0.15) is 11.0 Å². The molecule has 0 aliphatic carbocycles.